The average molecular weight is 275 g/mol. The molecule has 0 aliphatic rings. The van der Waals surface area contributed by atoms with E-state index in [1.165, 1.54) is 5.69 Å². The van der Waals surface area contributed by atoms with Gasteiger partial charge in [0.1, 0.15) is 0 Å². The van der Waals surface area contributed by atoms with E-state index in [0.717, 1.165) is 42.0 Å². The van der Waals surface area contributed by atoms with Gasteiger partial charge in [-0.25, -0.2) is 0 Å². The van der Waals surface area contributed by atoms with Gasteiger partial charge in [-0.2, -0.15) is 10.2 Å². The van der Waals surface area contributed by atoms with Gasteiger partial charge in [0, 0.05) is 43.0 Å². The Balaban J connectivity index is 2.27. The van der Waals surface area contributed by atoms with Gasteiger partial charge in [-0.3, -0.25) is 9.36 Å². The lowest BCUT2D eigenvalue weighted by Crippen LogP contribution is -2.17. The summed E-state index contributed by atoms with van der Waals surface area (Å²) in [6, 6.07) is 2.14. The molecule has 2 N–H and O–H groups in total. The number of aromatic nitrogens is 4. The third-order valence-corrected chi connectivity index (χ3v) is 3.94. The molecule has 0 aromatic carbocycles. The van der Waals surface area contributed by atoms with Crippen LogP contribution in [0.1, 0.15) is 48.2 Å². The van der Waals surface area contributed by atoms with Gasteiger partial charge >= 0.3 is 0 Å². The molecule has 0 bridgehead atoms. The topological polar surface area (TPSA) is 61.7 Å². The maximum absolute atomic E-state index is 6.42. The van der Waals surface area contributed by atoms with Gasteiger partial charge in [0.2, 0.25) is 0 Å². The fourth-order valence-electron chi connectivity index (χ4n) is 2.78. The van der Waals surface area contributed by atoms with Crippen molar-refractivity contribution in [3.8, 4) is 0 Å². The number of hydrogen-bond donors (Lipinski definition) is 1. The van der Waals surface area contributed by atoms with Crippen LogP contribution in [0.4, 0.5) is 0 Å². The monoisotopic (exact) mass is 275 g/mol. The highest BCUT2D eigenvalue weighted by Gasteiger charge is 2.19. The summed E-state index contributed by atoms with van der Waals surface area (Å²) in [4.78, 5) is 0. The molecule has 2 aromatic rings. The Hall–Kier alpha value is -1.62. The van der Waals surface area contributed by atoms with E-state index in [1.807, 2.05) is 18.7 Å². The molecular weight excluding hydrogens is 250 g/mol. The summed E-state index contributed by atoms with van der Waals surface area (Å²) in [6.45, 7) is 9.22. The first-order chi connectivity index (χ1) is 9.47. The van der Waals surface area contributed by atoms with E-state index in [2.05, 4.69) is 41.7 Å². The van der Waals surface area contributed by atoms with Crippen molar-refractivity contribution in [2.75, 3.05) is 0 Å². The molecule has 1 unspecified atom stereocenters. The van der Waals surface area contributed by atoms with Crippen LogP contribution in [-0.2, 0) is 26.4 Å². The number of hydrogen-bond acceptors (Lipinski definition) is 3. The molecule has 110 valence electrons. The molecular formula is C15H25N5. The van der Waals surface area contributed by atoms with Crippen LogP contribution in [0.3, 0.4) is 0 Å². The molecule has 0 saturated carbocycles. The zero-order chi connectivity index (χ0) is 14.9. The number of nitrogens with zero attached hydrogens (tertiary/aromatic N) is 4. The van der Waals surface area contributed by atoms with Crippen LogP contribution in [0.2, 0.25) is 0 Å². The van der Waals surface area contributed by atoms with Crippen LogP contribution in [0, 0.1) is 13.8 Å². The van der Waals surface area contributed by atoms with Crippen LogP contribution >= 0.6 is 0 Å². The summed E-state index contributed by atoms with van der Waals surface area (Å²) in [7, 11) is 1.96. The lowest BCUT2D eigenvalue weighted by Gasteiger charge is -2.13. The Morgan fingerprint density at radius 3 is 2.45 bits per heavy atom. The predicted molar refractivity (Wildman–Crippen MR) is 80.6 cm³/mol. The van der Waals surface area contributed by atoms with Crippen molar-refractivity contribution in [3.05, 3.63) is 34.4 Å². The second-order valence-electron chi connectivity index (χ2n) is 5.32. The zero-order valence-corrected chi connectivity index (χ0v) is 13.1. The maximum atomic E-state index is 6.42. The van der Waals surface area contributed by atoms with Crippen molar-refractivity contribution in [2.45, 2.75) is 53.1 Å². The van der Waals surface area contributed by atoms with Gasteiger partial charge in [-0.1, -0.05) is 6.92 Å². The zero-order valence-electron chi connectivity index (χ0n) is 13.1. The maximum Gasteiger partial charge on any atom is 0.0644 e. The fraction of sp³-hybridized carbons (Fsp3) is 0.600. The fourth-order valence-corrected chi connectivity index (χ4v) is 2.78. The first-order valence-electron chi connectivity index (χ1n) is 7.29. The van der Waals surface area contributed by atoms with Crippen LogP contribution < -0.4 is 5.73 Å². The largest absolute Gasteiger partial charge is 0.324 e. The summed E-state index contributed by atoms with van der Waals surface area (Å²) >= 11 is 0. The number of nitrogens with two attached hydrogens (primary N) is 1. The summed E-state index contributed by atoms with van der Waals surface area (Å²) < 4.78 is 3.96. The van der Waals surface area contributed by atoms with Gasteiger partial charge in [-0.15, -0.1) is 0 Å². The molecule has 0 fully saturated rings. The minimum atomic E-state index is -0.0320. The minimum Gasteiger partial charge on any atom is -0.324 e. The molecule has 2 rings (SSSR count). The second-order valence-corrected chi connectivity index (χ2v) is 5.32. The van der Waals surface area contributed by atoms with Gasteiger partial charge in [0.15, 0.2) is 0 Å². The molecule has 2 aromatic heterocycles. The van der Waals surface area contributed by atoms with E-state index in [-0.39, 0.29) is 6.04 Å². The summed E-state index contributed by atoms with van der Waals surface area (Å²) in [5, 5.41) is 9.04. The molecule has 0 amide bonds. The third-order valence-electron chi connectivity index (χ3n) is 3.94. The summed E-state index contributed by atoms with van der Waals surface area (Å²) in [6.07, 6.45) is 1.76. The predicted octanol–water partition coefficient (Wildman–Crippen LogP) is 2.06. The highest BCUT2D eigenvalue weighted by atomic mass is 15.3. The highest BCUT2D eigenvalue weighted by Crippen LogP contribution is 2.23. The van der Waals surface area contributed by atoms with Gasteiger partial charge in [0.25, 0.3) is 0 Å². The molecule has 1 atom stereocenters. The smallest absolute Gasteiger partial charge is 0.0644 e. The SMILES string of the molecule is CCc1cc(CC(N)c2c(C)nn(C)c2C)n(CC)n1. The first-order valence-corrected chi connectivity index (χ1v) is 7.29. The Labute approximate surface area is 120 Å². The molecule has 5 heteroatoms. The molecule has 0 radical (unpaired) electrons. The van der Waals surface area contributed by atoms with Crippen molar-refractivity contribution >= 4 is 0 Å². The summed E-state index contributed by atoms with van der Waals surface area (Å²) in [5.41, 5.74) is 12.1. The number of rotatable bonds is 5. The lowest BCUT2D eigenvalue weighted by atomic mass is 10.0. The van der Waals surface area contributed by atoms with E-state index in [4.69, 9.17) is 5.73 Å². The standard InChI is InChI=1S/C15H25N5/c1-6-12-8-13(20(7-2)18-12)9-14(16)15-10(3)17-19(5)11(15)4/h8,14H,6-7,9,16H2,1-5H3. The molecule has 5 nitrogen and oxygen atoms in total. The number of aryl methyl sites for hydroxylation is 4. The van der Waals surface area contributed by atoms with Crippen molar-refractivity contribution in [1.29, 1.82) is 0 Å². The van der Waals surface area contributed by atoms with Crippen LogP contribution in [0.5, 0.6) is 0 Å². The highest BCUT2D eigenvalue weighted by molar-refractivity contribution is 5.29. The van der Waals surface area contributed by atoms with Crippen LogP contribution in [0.15, 0.2) is 6.07 Å². The molecule has 0 aliphatic carbocycles. The first kappa shape index (κ1) is 14.8. The Bertz CT molecular complexity index is 594. The van der Waals surface area contributed by atoms with E-state index in [9.17, 15) is 0 Å². The van der Waals surface area contributed by atoms with Crippen molar-refractivity contribution in [3.63, 3.8) is 0 Å². The van der Waals surface area contributed by atoms with E-state index in [1.54, 1.807) is 0 Å². The molecule has 0 saturated heterocycles. The molecule has 0 aliphatic heterocycles. The molecule has 0 spiro atoms. The van der Waals surface area contributed by atoms with E-state index in [0.29, 0.717) is 0 Å². The Kier molecular flexibility index (Phi) is 4.28. The summed E-state index contributed by atoms with van der Waals surface area (Å²) in [5.74, 6) is 0. The van der Waals surface area contributed by atoms with Gasteiger partial charge in [-0.05, 0) is 33.3 Å². The van der Waals surface area contributed by atoms with Gasteiger partial charge in [0.05, 0.1) is 11.4 Å². The Morgan fingerprint density at radius 2 is 1.95 bits per heavy atom. The van der Waals surface area contributed by atoms with Crippen LogP contribution in [0.25, 0.3) is 0 Å². The van der Waals surface area contributed by atoms with Gasteiger partial charge < -0.3 is 5.73 Å². The quantitative estimate of drug-likeness (QED) is 0.908. The third kappa shape index (κ3) is 2.63. The normalized spacial score (nSPS) is 12.9. The Morgan fingerprint density at radius 1 is 1.25 bits per heavy atom. The minimum absolute atomic E-state index is 0.0320. The van der Waals surface area contributed by atoms with E-state index >= 15 is 0 Å². The average Bonchev–Trinajstić information content (AvgIpc) is 2.91. The molecule has 20 heavy (non-hydrogen) atoms. The second kappa shape index (κ2) is 5.79. The van der Waals surface area contributed by atoms with E-state index < -0.39 is 0 Å². The molecule has 2 heterocycles. The van der Waals surface area contributed by atoms with Crippen molar-refractivity contribution < 1.29 is 0 Å². The van der Waals surface area contributed by atoms with Crippen molar-refractivity contribution in [1.82, 2.24) is 19.6 Å². The lowest BCUT2D eigenvalue weighted by molar-refractivity contribution is 0.583. The van der Waals surface area contributed by atoms with Crippen molar-refractivity contribution in [2.24, 2.45) is 12.8 Å². The van der Waals surface area contributed by atoms with Crippen LogP contribution in [-0.4, -0.2) is 19.6 Å².